The summed E-state index contributed by atoms with van der Waals surface area (Å²) in [5.41, 5.74) is -0.255. The van der Waals surface area contributed by atoms with E-state index in [1.807, 2.05) is 13.8 Å². The van der Waals surface area contributed by atoms with Gasteiger partial charge in [0.25, 0.3) is 0 Å². The Morgan fingerprint density at radius 2 is 2.15 bits per heavy atom. The van der Waals surface area contributed by atoms with Crippen molar-refractivity contribution in [2.24, 2.45) is 0 Å². The van der Waals surface area contributed by atoms with Gasteiger partial charge in [-0.1, -0.05) is 0 Å². The number of hydrogen-bond donors (Lipinski definition) is 2. The normalized spacial score (nSPS) is 11.6. The monoisotopic (exact) mass is 277 g/mol. The maximum Gasteiger partial charge on any atom is 0.312 e. The van der Waals surface area contributed by atoms with Gasteiger partial charge in [-0.05, 0) is 20.8 Å². The summed E-state index contributed by atoms with van der Waals surface area (Å²) in [5, 5.41) is 25.0. The topological polar surface area (TPSA) is 121 Å². The van der Waals surface area contributed by atoms with Crippen molar-refractivity contribution in [1.82, 2.24) is 10.3 Å². The molecule has 0 fully saturated rings. The zero-order chi connectivity index (χ0) is 15.3. The molecule has 2 N–H and O–H groups in total. The number of carbonyl (C=O) groups excluding carboxylic acids is 1. The summed E-state index contributed by atoms with van der Waals surface area (Å²) in [6, 6.07) is 2.18. The molecular weight excluding hydrogens is 262 g/mol. The van der Waals surface area contributed by atoms with E-state index in [-0.39, 0.29) is 29.0 Å². The van der Waals surface area contributed by atoms with Crippen LogP contribution in [0.3, 0.4) is 0 Å². The van der Waals surface area contributed by atoms with Crippen LogP contribution in [-0.4, -0.2) is 27.9 Å². The molecule has 1 aromatic heterocycles. The lowest BCUT2D eigenvalue weighted by Gasteiger charge is -2.16. The van der Waals surface area contributed by atoms with Crippen molar-refractivity contribution >= 4 is 17.4 Å². The molecule has 1 unspecified atom stereocenters. The molecule has 0 aliphatic rings. The first kappa shape index (κ1) is 15.4. The van der Waals surface area contributed by atoms with Gasteiger partial charge in [-0.2, -0.15) is 5.26 Å². The van der Waals surface area contributed by atoms with Gasteiger partial charge in [-0.3, -0.25) is 14.9 Å². The predicted octanol–water partition coefficient (Wildman–Crippen LogP) is 1.19. The van der Waals surface area contributed by atoms with Crippen LogP contribution in [0.4, 0.5) is 11.5 Å². The van der Waals surface area contributed by atoms with E-state index in [0.717, 1.165) is 6.07 Å². The maximum atomic E-state index is 11.7. The molecule has 0 aliphatic carbocycles. The molecule has 0 radical (unpaired) electrons. The molecule has 0 bridgehead atoms. The number of anilines is 1. The van der Waals surface area contributed by atoms with Crippen LogP contribution >= 0.6 is 0 Å². The van der Waals surface area contributed by atoms with E-state index in [1.54, 1.807) is 13.0 Å². The summed E-state index contributed by atoms with van der Waals surface area (Å²) < 4.78 is 0. The number of carbonyl (C=O) groups is 1. The highest BCUT2D eigenvalue weighted by molar-refractivity contribution is 5.84. The minimum Gasteiger partial charge on any atom is -0.353 e. The zero-order valence-electron chi connectivity index (χ0n) is 11.4. The molecule has 0 aliphatic heterocycles. The second kappa shape index (κ2) is 6.47. The standard InChI is InChI=1S/C12H15N5O3/c1-7(2)15-12(18)8(3)16-11-10(17(19)20)4-9(5-13)6-14-11/h4,6-8H,1-3H3,(H,14,16)(H,15,18). The second-order valence-electron chi connectivity index (χ2n) is 4.49. The molecule has 8 heteroatoms. The first-order valence-corrected chi connectivity index (χ1v) is 5.96. The van der Waals surface area contributed by atoms with Crippen LogP contribution < -0.4 is 10.6 Å². The van der Waals surface area contributed by atoms with Crippen LogP contribution in [0.5, 0.6) is 0 Å². The van der Waals surface area contributed by atoms with Gasteiger partial charge >= 0.3 is 5.69 Å². The Labute approximate surface area is 116 Å². The molecule has 8 nitrogen and oxygen atoms in total. The van der Waals surface area contributed by atoms with Crippen molar-refractivity contribution in [3.63, 3.8) is 0 Å². The number of rotatable bonds is 5. The number of hydrogen-bond acceptors (Lipinski definition) is 6. The van der Waals surface area contributed by atoms with Crippen LogP contribution in [0.2, 0.25) is 0 Å². The van der Waals surface area contributed by atoms with Gasteiger partial charge in [0.05, 0.1) is 10.5 Å². The second-order valence-corrected chi connectivity index (χ2v) is 4.49. The summed E-state index contributed by atoms with van der Waals surface area (Å²) >= 11 is 0. The highest BCUT2D eigenvalue weighted by atomic mass is 16.6. The van der Waals surface area contributed by atoms with Crippen LogP contribution in [-0.2, 0) is 4.79 Å². The molecule has 0 saturated heterocycles. The maximum absolute atomic E-state index is 11.7. The Morgan fingerprint density at radius 3 is 2.65 bits per heavy atom. The van der Waals surface area contributed by atoms with Gasteiger partial charge in [-0.25, -0.2) is 4.98 Å². The molecular formula is C12H15N5O3. The SMILES string of the molecule is CC(C)NC(=O)C(C)Nc1ncc(C#N)cc1[N+](=O)[O-]. The highest BCUT2D eigenvalue weighted by Gasteiger charge is 2.21. The summed E-state index contributed by atoms with van der Waals surface area (Å²) in [5.74, 6) is -0.333. The molecule has 0 spiro atoms. The van der Waals surface area contributed by atoms with Crippen LogP contribution in [0.1, 0.15) is 26.3 Å². The van der Waals surface area contributed by atoms with E-state index in [4.69, 9.17) is 5.26 Å². The number of nitrogens with zero attached hydrogens (tertiary/aromatic N) is 3. The number of pyridine rings is 1. The fraction of sp³-hybridized carbons (Fsp3) is 0.417. The van der Waals surface area contributed by atoms with Crippen molar-refractivity contribution in [2.45, 2.75) is 32.9 Å². The van der Waals surface area contributed by atoms with E-state index >= 15 is 0 Å². The molecule has 0 saturated carbocycles. The number of nitrogens with one attached hydrogen (secondary N) is 2. The van der Waals surface area contributed by atoms with E-state index in [2.05, 4.69) is 15.6 Å². The Hall–Kier alpha value is -2.69. The largest absolute Gasteiger partial charge is 0.353 e. The molecule has 1 amide bonds. The average molecular weight is 277 g/mol. The number of aromatic nitrogens is 1. The zero-order valence-corrected chi connectivity index (χ0v) is 11.4. The van der Waals surface area contributed by atoms with E-state index in [0.29, 0.717) is 0 Å². The lowest BCUT2D eigenvalue weighted by Crippen LogP contribution is -2.41. The first-order chi connectivity index (χ1) is 9.35. The minimum absolute atomic E-state index is 0.0318. The van der Waals surface area contributed by atoms with Crippen molar-refractivity contribution in [1.29, 1.82) is 5.26 Å². The van der Waals surface area contributed by atoms with E-state index in [9.17, 15) is 14.9 Å². The van der Waals surface area contributed by atoms with Gasteiger partial charge in [-0.15, -0.1) is 0 Å². The Bertz CT molecular complexity index is 565. The molecule has 0 aromatic carbocycles. The van der Waals surface area contributed by atoms with Crippen LogP contribution in [0.15, 0.2) is 12.3 Å². The summed E-state index contributed by atoms with van der Waals surface area (Å²) in [4.78, 5) is 25.8. The minimum atomic E-state index is -0.684. The van der Waals surface area contributed by atoms with Gasteiger partial charge in [0, 0.05) is 18.3 Å². The fourth-order valence-electron chi connectivity index (χ4n) is 1.44. The Morgan fingerprint density at radius 1 is 1.50 bits per heavy atom. The lowest BCUT2D eigenvalue weighted by atomic mass is 10.2. The lowest BCUT2D eigenvalue weighted by molar-refractivity contribution is -0.384. The van der Waals surface area contributed by atoms with Gasteiger partial charge in [0.1, 0.15) is 12.1 Å². The smallest absolute Gasteiger partial charge is 0.312 e. The Kier molecular flexibility index (Phi) is 4.97. The van der Waals surface area contributed by atoms with Crippen molar-refractivity contribution in [2.75, 3.05) is 5.32 Å². The summed E-state index contributed by atoms with van der Waals surface area (Å²) in [6.45, 7) is 5.20. The van der Waals surface area contributed by atoms with Gasteiger partial charge in [0.2, 0.25) is 11.7 Å². The highest BCUT2D eigenvalue weighted by Crippen LogP contribution is 2.23. The molecule has 1 atom stereocenters. The number of nitriles is 1. The fourth-order valence-corrected chi connectivity index (χ4v) is 1.44. The van der Waals surface area contributed by atoms with Crippen LogP contribution in [0, 0.1) is 21.4 Å². The molecule has 1 rings (SSSR count). The average Bonchev–Trinajstić information content (AvgIpc) is 2.37. The number of amides is 1. The van der Waals surface area contributed by atoms with Crippen molar-refractivity contribution in [3.8, 4) is 6.07 Å². The van der Waals surface area contributed by atoms with E-state index < -0.39 is 11.0 Å². The summed E-state index contributed by atoms with van der Waals surface area (Å²) in [6.07, 6.45) is 1.21. The van der Waals surface area contributed by atoms with E-state index in [1.165, 1.54) is 6.20 Å². The van der Waals surface area contributed by atoms with Crippen LogP contribution in [0.25, 0.3) is 0 Å². The van der Waals surface area contributed by atoms with Crippen molar-refractivity contribution in [3.05, 3.63) is 27.9 Å². The van der Waals surface area contributed by atoms with Gasteiger partial charge in [0.15, 0.2) is 0 Å². The molecule has 106 valence electrons. The quantitative estimate of drug-likeness (QED) is 0.615. The van der Waals surface area contributed by atoms with Gasteiger partial charge < -0.3 is 10.6 Å². The summed E-state index contributed by atoms with van der Waals surface area (Å²) in [7, 11) is 0. The first-order valence-electron chi connectivity index (χ1n) is 5.96. The molecule has 20 heavy (non-hydrogen) atoms. The third-order valence-electron chi connectivity index (χ3n) is 2.37. The Balaban J connectivity index is 2.95. The molecule has 1 aromatic rings. The van der Waals surface area contributed by atoms with Crippen molar-refractivity contribution < 1.29 is 9.72 Å². The molecule has 1 heterocycles. The number of nitro groups is 1. The third-order valence-corrected chi connectivity index (χ3v) is 2.37. The predicted molar refractivity (Wildman–Crippen MR) is 72.0 cm³/mol. The third kappa shape index (κ3) is 3.91.